The molecule has 7 nitrogen and oxygen atoms in total. The van der Waals surface area contributed by atoms with Gasteiger partial charge < -0.3 is 10.4 Å². The molecule has 2 rings (SSSR count). The second-order valence-electron chi connectivity index (χ2n) is 5.51. The fraction of sp³-hybridized carbons (Fsp3) is 0.571. The number of rotatable bonds is 4. The number of nitrogens with zero attached hydrogens (tertiary/aromatic N) is 2. The van der Waals surface area contributed by atoms with Gasteiger partial charge in [0.25, 0.3) is 0 Å². The van der Waals surface area contributed by atoms with Crippen molar-refractivity contribution in [1.29, 1.82) is 0 Å². The van der Waals surface area contributed by atoms with Crippen LogP contribution < -0.4 is 5.32 Å². The van der Waals surface area contributed by atoms with Gasteiger partial charge in [0, 0.05) is 11.8 Å². The van der Waals surface area contributed by atoms with Crippen molar-refractivity contribution in [3.05, 3.63) is 27.9 Å². The van der Waals surface area contributed by atoms with Gasteiger partial charge in [-0.25, -0.2) is 9.78 Å². The standard InChI is InChI=1S/C14H19N3O4/c1-10-6-9-15-12(11(10)17(20)21)16-14(13(18)19)7-4-2-3-5-8-14/h6,9H,2-5,7-8H2,1H3,(H,15,16)(H,18,19). The molecule has 1 heterocycles. The van der Waals surface area contributed by atoms with Gasteiger partial charge in [0.1, 0.15) is 5.54 Å². The minimum Gasteiger partial charge on any atom is -0.480 e. The lowest BCUT2D eigenvalue weighted by atomic mass is 9.90. The predicted octanol–water partition coefficient (Wildman–Crippen LogP) is 2.89. The summed E-state index contributed by atoms with van der Waals surface area (Å²) < 4.78 is 0. The van der Waals surface area contributed by atoms with Gasteiger partial charge in [0.05, 0.1) is 4.92 Å². The van der Waals surface area contributed by atoms with E-state index in [2.05, 4.69) is 10.3 Å². The maximum absolute atomic E-state index is 11.7. The van der Waals surface area contributed by atoms with Crippen LogP contribution in [-0.4, -0.2) is 26.5 Å². The summed E-state index contributed by atoms with van der Waals surface area (Å²) in [6.45, 7) is 1.62. The Labute approximate surface area is 122 Å². The average molecular weight is 293 g/mol. The fourth-order valence-corrected chi connectivity index (χ4v) is 2.82. The smallest absolute Gasteiger partial charge is 0.329 e. The second-order valence-corrected chi connectivity index (χ2v) is 5.51. The van der Waals surface area contributed by atoms with Crippen molar-refractivity contribution in [2.24, 2.45) is 0 Å². The van der Waals surface area contributed by atoms with Gasteiger partial charge >= 0.3 is 11.7 Å². The first-order valence-electron chi connectivity index (χ1n) is 7.08. The van der Waals surface area contributed by atoms with E-state index in [0.29, 0.717) is 18.4 Å². The molecule has 114 valence electrons. The second kappa shape index (κ2) is 6.07. The van der Waals surface area contributed by atoms with Crippen LogP contribution in [0.25, 0.3) is 0 Å². The summed E-state index contributed by atoms with van der Waals surface area (Å²) in [4.78, 5) is 26.4. The van der Waals surface area contributed by atoms with Crippen LogP contribution in [0, 0.1) is 17.0 Å². The molecule has 1 aromatic rings. The van der Waals surface area contributed by atoms with E-state index >= 15 is 0 Å². The van der Waals surface area contributed by atoms with E-state index in [1.807, 2.05) is 0 Å². The number of carbonyl (C=O) groups is 1. The topological polar surface area (TPSA) is 105 Å². The number of carboxylic acids is 1. The number of nitro groups is 1. The van der Waals surface area contributed by atoms with Crippen molar-refractivity contribution in [1.82, 2.24) is 4.98 Å². The molecule has 0 aromatic carbocycles. The summed E-state index contributed by atoms with van der Waals surface area (Å²) in [5.41, 5.74) is -0.851. The molecule has 21 heavy (non-hydrogen) atoms. The van der Waals surface area contributed by atoms with Gasteiger partial charge in [-0.1, -0.05) is 25.7 Å². The highest BCUT2D eigenvalue weighted by Gasteiger charge is 2.40. The maximum Gasteiger partial charge on any atom is 0.329 e. The van der Waals surface area contributed by atoms with Gasteiger partial charge in [-0.2, -0.15) is 0 Å². The Morgan fingerprint density at radius 2 is 2.00 bits per heavy atom. The van der Waals surface area contributed by atoms with E-state index in [1.165, 1.54) is 6.20 Å². The van der Waals surface area contributed by atoms with Gasteiger partial charge in [-0.05, 0) is 25.8 Å². The summed E-state index contributed by atoms with van der Waals surface area (Å²) in [7, 11) is 0. The van der Waals surface area contributed by atoms with Crippen LogP contribution in [0.15, 0.2) is 12.3 Å². The minimum atomic E-state index is -1.16. The number of carboxylic acid groups (broad SMARTS) is 1. The highest BCUT2D eigenvalue weighted by atomic mass is 16.6. The zero-order chi connectivity index (χ0) is 15.5. The van der Waals surface area contributed by atoms with Crippen LogP contribution in [0.3, 0.4) is 0 Å². The lowest BCUT2D eigenvalue weighted by Gasteiger charge is -2.29. The van der Waals surface area contributed by atoms with E-state index in [0.717, 1.165) is 25.7 Å². The third-order valence-electron chi connectivity index (χ3n) is 4.03. The minimum absolute atomic E-state index is 0.0456. The Morgan fingerprint density at radius 1 is 1.38 bits per heavy atom. The van der Waals surface area contributed by atoms with Crippen molar-refractivity contribution >= 4 is 17.5 Å². The summed E-state index contributed by atoms with van der Waals surface area (Å²) in [6.07, 6.45) is 5.92. The van der Waals surface area contributed by atoms with E-state index < -0.39 is 16.4 Å². The Balaban J connectivity index is 2.40. The quantitative estimate of drug-likeness (QED) is 0.502. The molecule has 0 saturated heterocycles. The molecule has 2 N–H and O–H groups in total. The Morgan fingerprint density at radius 3 is 2.52 bits per heavy atom. The van der Waals surface area contributed by atoms with Crippen LogP contribution >= 0.6 is 0 Å². The Hall–Kier alpha value is -2.18. The van der Waals surface area contributed by atoms with E-state index in [9.17, 15) is 20.0 Å². The normalized spacial score (nSPS) is 17.8. The zero-order valence-corrected chi connectivity index (χ0v) is 12.0. The SMILES string of the molecule is Cc1ccnc(NC2(C(=O)O)CCCCCC2)c1[N+](=O)[O-]. The first kappa shape index (κ1) is 15.2. The van der Waals surface area contributed by atoms with Gasteiger partial charge in [0.2, 0.25) is 5.82 Å². The average Bonchev–Trinajstić information content (AvgIpc) is 2.65. The highest BCUT2D eigenvalue weighted by Crippen LogP contribution is 2.34. The summed E-state index contributed by atoms with van der Waals surface area (Å²) in [6, 6.07) is 1.55. The number of hydrogen-bond donors (Lipinski definition) is 2. The molecule has 0 aliphatic heterocycles. The van der Waals surface area contributed by atoms with Crippen molar-refractivity contribution in [2.45, 2.75) is 51.0 Å². The molecule has 0 bridgehead atoms. The molecular formula is C14H19N3O4. The molecule has 1 aliphatic carbocycles. The molecule has 0 spiro atoms. The van der Waals surface area contributed by atoms with E-state index in [4.69, 9.17) is 0 Å². The third-order valence-corrected chi connectivity index (χ3v) is 4.03. The number of aryl methyl sites for hydroxylation is 1. The summed E-state index contributed by atoms with van der Waals surface area (Å²) in [5, 5.41) is 23.7. The number of aliphatic carboxylic acids is 1. The van der Waals surface area contributed by atoms with Crippen molar-refractivity contribution in [3.63, 3.8) is 0 Å². The Kier molecular flexibility index (Phi) is 4.40. The summed E-state index contributed by atoms with van der Waals surface area (Å²) in [5.74, 6) is -0.925. The van der Waals surface area contributed by atoms with Crippen molar-refractivity contribution in [3.8, 4) is 0 Å². The molecule has 0 amide bonds. The molecule has 1 fully saturated rings. The lowest BCUT2D eigenvalue weighted by molar-refractivity contribution is -0.384. The van der Waals surface area contributed by atoms with Crippen LogP contribution in [0.4, 0.5) is 11.5 Å². The summed E-state index contributed by atoms with van der Waals surface area (Å²) >= 11 is 0. The largest absolute Gasteiger partial charge is 0.480 e. The van der Waals surface area contributed by atoms with Gasteiger partial charge in [-0.15, -0.1) is 0 Å². The monoisotopic (exact) mass is 293 g/mol. The molecule has 1 aliphatic rings. The Bertz CT molecular complexity index is 551. The van der Waals surface area contributed by atoms with Crippen LogP contribution in [0.5, 0.6) is 0 Å². The molecular weight excluding hydrogens is 274 g/mol. The number of anilines is 1. The van der Waals surface area contributed by atoms with Crippen LogP contribution in [-0.2, 0) is 4.79 Å². The predicted molar refractivity (Wildman–Crippen MR) is 77.3 cm³/mol. The lowest BCUT2D eigenvalue weighted by Crippen LogP contribution is -2.46. The van der Waals surface area contributed by atoms with E-state index in [1.54, 1.807) is 13.0 Å². The first-order chi connectivity index (χ1) is 9.96. The molecule has 1 aromatic heterocycles. The molecule has 0 atom stereocenters. The van der Waals surface area contributed by atoms with Gasteiger partial charge in [-0.3, -0.25) is 10.1 Å². The van der Waals surface area contributed by atoms with Crippen LogP contribution in [0.2, 0.25) is 0 Å². The van der Waals surface area contributed by atoms with Gasteiger partial charge in [0.15, 0.2) is 0 Å². The fourth-order valence-electron chi connectivity index (χ4n) is 2.82. The van der Waals surface area contributed by atoms with Crippen molar-refractivity contribution < 1.29 is 14.8 Å². The molecule has 1 saturated carbocycles. The molecule has 0 unspecified atom stereocenters. The molecule has 0 radical (unpaired) electrons. The number of pyridine rings is 1. The maximum atomic E-state index is 11.7. The molecule has 7 heteroatoms. The van der Waals surface area contributed by atoms with Crippen molar-refractivity contribution in [2.75, 3.05) is 5.32 Å². The van der Waals surface area contributed by atoms with Crippen LogP contribution in [0.1, 0.15) is 44.1 Å². The zero-order valence-electron chi connectivity index (χ0n) is 12.0. The number of nitrogens with one attached hydrogen (secondary N) is 1. The number of hydrogen-bond acceptors (Lipinski definition) is 5. The van der Waals surface area contributed by atoms with E-state index in [-0.39, 0.29) is 11.5 Å². The number of aromatic nitrogens is 1. The third kappa shape index (κ3) is 3.12. The first-order valence-corrected chi connectivity index (χ1v) is 7.08. The highest BCUT2D eigenvalue weighted by molar-refractivity contribution is 5.83.